The van der Waals surface area contributed by atoms with Gasteiger partial charge in [-0.25, -0.2) is 0 Å². The largest absolute Gasteiger partial charge is 0.348 e. The van der Waals surface area contributed by atoms with Gasteiger partial charge in [0.1, 0.15) is 0 Å². The molecular weight excluding hydrogens is 218 g/mol. The van der Waals surface area contributed by atoms with E-state index in [4.69, 9.17) is 0 Å². The minimum atomic E-state index is 0.955. The number of para-hydroxylation sites is 1. The first-order valence-corrected chi connectivity index (χ1v) is 5.98. The highest BCUT2D eigenvalue weighted by molar-refractivity contribution is 5.81. The smallest absolute Gasteiger partial charge is 0.0908 e. The van der Waals surface area contributed by atoms with Crippen molar-refractivity contribution in [1.82, 2.24) is 4.98 Å². The van der Waals surface area contributed by atoms with Gasteiger partial charge in [0.15, 0.2) is 0 Å². The van der Waals surface area contributed by atoms with E-state index in [1.54, 1.807) is 0 Å². The predicted molar refractivity (Wildman–Crippen MR) is 75.5 cm³/mol. The van der Waals surface area contributed by atoms with Gasteiger partial charge in [-0.05, 0) is 37.1 Å². The van der Waals surface area contributed by atoms with Crippen LogP contribution in [0, 0.1) is 18.8 Å². The standard InChI is InChI=1S/C17H13N/c1-13-6-8-14(9-7-13)10-11-16-12-15-4-2-3-5-17(15)18-16/h2-9,12,18H,1H3. The molecule has 1 nitrogen and oxygen atoms in total. The summed E-state index contributed by atoms with van der Waals surface area (Å²) in [5, 5.41) is 1.20. The van der Waals surface area contributed by atoms with Crippen LogP contribution in [0.25, 0.3) is 10.9 Å². The van der Waals surface area contributed by atoms with E-state index in [0.29, 0.717) is 0 Å². The average molecular weight is 231 g/mol. The highest BCUT2D eigenvalue weighted by Crippen LogP contribution is 2.13. The van der Waals surface area contributed by atoms with Crippen LogP contribution in [0.1, 0.15) is 16.8 Å². The summed E-state index contributed by atoms with van der Waals surface area (Å²) in [6.07, 6.45) is 0. The van der Waals surface area contributed by atoms with E-state index in [-0.39, 0.29) is 0 Å². The molecular formula is C17H13N. The number of benzene rings is 2. The van der Waals surface area contributed by atoms with Crippen molar-refractivity contribution in [2.75, 3.05) is 0 Å². The van der Waals surface area contributed by atoms with E-state index in [0.717, 1.165) is 16.8 Å². The third-order valence-corrected chi connectivity index (χ3v) is 2.92. The second kappa shape index (κ2) is 4.43. The molecule has 1 N–H and O–H groups in total. The van der Waals surface area contributed by atoms with Gasteiger partial charge in [0.05, 0.1) is 5.69 Å². The van der Waals surface area contributed by atoms with Crippen molar-refractivity contribution in [3.8, 4) is 11.8 Å². The van der Waals surface area contributed by atoms with Crippen molar-refractivity contribution in [1.29, 1.82) is 0 Å². The van der Waals surface area contributed by atoms with Crippen LogP contribution in [0.15, 0.2) is 54.6 Å². The summed E-state index contributed by atoms with van der Waals surface area (Å²) < 4.78 is 0. The Morgan fingerprint density at radius 1 is 0.889 bits per heavy atom. The number of fused-ring (bicyclic) bond motifs is 1. The SMILES string of the molecule is Cc1ccc(C#Cc2cc3ccccc3[nH]2)cc1. The lowest BCUT2D eigenvalue weighted by molar-refractivity contribution is 1.42. The van der Waals surface area contributed by atoms with E-state index < -0.39 is 0 Å². The zero-order valence-corrected chi connectivity index (χ0v) is 10.2. The van der Waals surface area contributed by atoms with E-state index in [9.17, 15) is 0 Å². The fourth-order valence-corrected chi connectivity index (χ4v) is 1.92. The van der Waals surface area contributed by atoms with Crippen LogP contribution >= 0.6 is 0 Å². The topological polar surface area (TPSA) is 15.8 Å². The molecule has 86 valence electrons. The van der Waals surface area contributed by atoms with Gasteiger partial charge < -0.3 is 4.98 Å². The first kappa shape index (κ1) is 10.7. The lowest BCUT2D eigenvalue weighted by Gasteiger charge is -1.90. The van der Waals surface area contributed by atoms with Crippen LogP contribution in [0.3, 0.4) is 0 Å². The van der Waals surface area contributed by atoms with Gasteiger partial charge in [0.25, 0.3) is 0 Å². The summed E-state index contributed by atoms with van der Waals surface area (Å²) in [5.74, 6) is 6.33. The monoisotopic (exact) mass is 231 g/mol. The van der Waals surface area contributed by atoms with Gasteiger partial charge in [0.2, 0.25) is 0 Å². The maximum atomic E-state index is 3.30. The number of rotatable bonds is 0. The van der Waals surface area contributed by atoms with Crippen molar-refractivity contribution in [3.63, 3.8) is 0 Å². The van der Waals surface area contributed by atoms with Crippen LogP contribution in [-0.4, -0.2) is 4.98 Å². The number of aromatic amines is 1. The number of hydrogen-bond donors (Lipinski definition) is 1. The molecule has 0 aliphatic heterocycles. The van der Waals surface area contributed by atoms with Crippen LogP contribution in [0.2, 0.25) is 0 Å². The molecule has 0 bridgehead atoms. The Bertz CT molecular complexity index is 703. The fraction of sp³-hybridized carbons (Fsp3) is 0.0588. The summed E-state index contributed by atoms with van der Waals surface area (Å²) in [6, 6.07) is 18.5. The number of aryl methyl sites for hydroxylation is 1. The Labute approximate surface area is 106 Å². The molecule has 0 spiro atoms. The normalized spacial score (nSPS) is 10.1. The number of nitrogens with one attached hydrogen (secondary N) is 1. The molecule has 0 radical (unpaired) electrons. The average Bonchev–Trinajstić information content (AvgIpc) is 2.81. The number of H-pyrrole nitrogens is 1. The lowest BCUT2D eigenvalue weighted by Crippen LogP contribution is -1.76. The van der Waals surface area contributed by atoms with Crippen molar-refractivity contribution in [2.24, 2.45) is 0 Å². The molecule has 1 heteroatoms. The Morgan fingerprint density at radius 2 is 1.67 bits per heavy atom. The minimum absolute atomic E-state index is 0.955. The molecule has 0 aliphatic carbocycles. The van der Waals surface area contributed by atoms with Gasteiger partial charge in [-0.3, -0.25) is 0 Å². The second-order valence-corrected chi connectivity index (χ2v) is 4.39. The summed E-state index contributed by atoms with van der Waals surface area (Å²) in [5.41, 5.74) is 4.38. The van der Waals surface area contributed by atoms with Crippen LogP contribution in [0.4, 0.5) is 0 Å². The highest BCUT2D eigenvalue weighted by atomic mass is 14.7. The summed E-state index contributed by atoms with van der Waals surface area (Å²) in [7, 11) is 0. The molecule has 0 unspecified atom stereocenters. The zero-order valence-electron chi connectivity index (χ0n) is 10.2. The van der Waals surface area contributed by atoms with Crippen LogP contribution in [-0.2, 0) is 0 Å². The Morgan fingerprint density at radius 3 is 2.44 bits per heavy atom. The van der Waals surface area contributed by atoms with E-state index in [1.807, 2.05) is 24.3 Å². The Balaban J connectivity index is 1.95. The molecule has 0 aliphatic rings. The Hall–Kier alpha value is -2.46. The minimum Gasteiger partial charge on any atom is -0.348 e. The molecule has 0 fully saturated rings. The molecule has 1 aromatic heterocycles. The quantitative estimate of drug-likeness (QED) is 0.565. The van der Waals surface area contributed by atoms with Crippen LogP contribution in [0.5, 0.6) is 0 Å². The van der Waals surface area contributed by atoms with Crippen molar-refractivity contribution in [3.05, 3.63) is 71.4 Å². The molecule has 0 amide bonds. The van der Waals surface area contributed by atoms with Gasteiger partial charge in [-0.15, -0.1) is 0 Å². The van der Waals surface area contributed by atoms with Crippen molar-refractivity contribution in [2.45, 2.75) is 6.92 Å². The fourth-order valence-electron chi connectivity index (χ4n) is 1.92. The zero-order chi connectivity index (χ0) is 12.4. The van der Waals surface area contributed by atoms with Gasteiger partial charge in [-0.2, -0.15) is 0 Å². The second-order valence-electron chi connectivity index (χ2n) is 4.39. The molecule has 3 rings (SSSR count). The maximum absolute atomic E-state index is 3.30. The third kappa shape index (κ3) is 2.14. The third-order valence-electron chi connectivity index (χ3n) is 2.92. The van der Waals surface area contributed by atoms with Crippen LogP contribution < -0.4 is 0 Å². The van der Waals surface area contributed by atoms with Gasteiger partial charge >= 0.3 is 0 Å². The molecule has 3 aromatic rings. The van der Waals surface area contributed by atoms with E-state index in [1.165, 1.54) is 10.9 Å². The molecule has 0 saturated carbocycles. The number of hydrogen-bond acceptors (Lipinski definition) is 0. The highest BCUT2D eigenvalue weighted by Gasteiger charge is 1.95. The first-order valence-electron chi connectivity index (χ1n) is 5.98. The summed E-state index contributed by atoms with van der Waals surface area (Å²) >= 11 is 0. The van der Waals surface area contributed by atoms with Gasteiger partial charge in [-0.1, -0.05) is 41.8 Å². The van der Waals surface area contributed by atoms with Crippen molar-refractivity contribution < 1.29 is 0 Å². The van der Waals surface area contributed by atoms with Crippen molar-refractivity contribution >= 4 is 10.9 Å². The lowest BCUT2D eigenvalue weighted by atomic mass is 10.1. The maximum Gasteiger partial charge on any atom is 0.0908 e. The molecule has 0 saturated heterocycles. The molecule has 0 atom stereocenters. The number of aromatic nitrogens is 1. The summed E-state index contributed by atoms with van der Waals surface area (Å²) in [4.78, 5) is 3.30. The molecule has 1 heterocycles. The first-order chi connectivity index (χ1) is 8.81. The summed E-state index contributed by atoms with van der Waals surface area (Å²) in [6.45, 7) is 2.08. The van der Waals surface area contributed by atoms with Gasteiger partial charge in [0, 0.05) is 16.5 Å². The molecule has 2 aromatic carbocycles. The predicted octanol–water partition coefficient (Wildman–Crippen LogP) is 3.88. The molecule has 18 heavy (non-hydrogen) atoms. The van der Waals surface area contributed by atoms with E-state index in [2.05, 4.69) is 54.1 Å². The Kier molecular flexibility index (Phi) is 2.63. The van der Waals surface area contributed by atoms with E-state index >= 15 is 0 Å².